The number of anilines is 6. The topological polar surface area (TPSA) is 19.6 Å². The molecule has 0 aliphatic heterocycles. The highest BCUT2D eigenvalue weighted by molar-refractivity contribution is 6.13. The van der Waals surface area contributed by atoms with Crippen molar-refractivity contribution < 1.29 is 4.42 Å². The van der Waals surface area contributed by atoms with Crippen molar-refractivity contribution in [2.75, 3.05) is 9.80 Å². The first kappa shape index (κ1) is 34.0. The van der Waals surface area contributed by atoms with Crippen molar-refractivity contribution in [3.05, 3.63) is 193 Å². The van der Waals surface area contributed by atoms with Crippen LogP contribution in [-0.2, 0) is 5.41 Å². The summed E-state index contributed by atoms with van der Waals surface area (Å²) in [4.78, 5) is 4.71. The number of para-hydroxylation sites is 4. The molecule has 1 atom stereocenters. The maximum absolute atomic E-state index is 6.33. The Kier molecular flexibility index (Phi) is 9.81. The van der Waals surface area contributed by atoms with E-state index >= 15 is 0 Å². The van der Waals surface area contributed by atoms with E-state index < -0.39 is 0 Å². The zero-order valence-corrected chi connectivity index (χ0v) is 30.7. The van der Waals surface area contributed by atoms with Gasteiger partial charge in [-0.3, -0.25) is 0 Å². The normalized spacial score (nSPS) is 12.5. The molecule has 53 heavy (non-hydrogen) atoms. The van der Waals surface area contributed by atoms with E-state index in [2.05, 4.69) is 200 Å². The Morgan fingerprint density at radius 1 is 0.434 bits per heavy atom. The summed E-state index contributed by atoms with van der Waals surface area (Å²) < 4.78 is 6.33. The fraction of sp³-hybridized carbons (Fsp3) is 0.160. The molecular weight excluding hydrogens is 645 g/mol. The van der Waals surface area contributed by atoms with E-state index in [-0.39, 0.29) is 5.41 Å². The smallest absolute Gasteiger partial charge is 0.137 e. The van der Waals surface area contributed by atoms with Gasteiger partial charge < -0.3 is 14.2 Å². The van der Waals surface area contributed by atoms with Crippen LogP contribution in [0.2, 0.25) is 0 Å². The lowest BCUT2D eigenvalue weighted by Crippen LogP contribution is -2.27. The van der Waals surface area contributed by atoms with E-state index in [1.54, 1.807) is 0 Å². The van der Waals surface area contributed by atoms with Crippen LogP contribution in [0.4, 0.5) is 34.1 Å². The summed E-state index contributed by atoms with van der Waals surface area (Å²) in [5, 5.41) is 2.25. The highest BCUT2D eigenvalue weighted by atomic mass is 16.3. The molecule has 0 bridgehead atoms. The van der Waals surface area contributed by atoms with Crippen molar-refractivity contribution in [3.8, 4) is 0 Å². The van der Waals surface area contributed by atoms with Crippen LogP contribution in [0.25, 0.3) is 21.9 Å². The molecule has 0 spiro atoms. The molecule has 7 aromatic carbocycles. The van der Waals surface area contributed by atoms with Crippen molar-refractivity contribution in [3.63, 3.8) is 0 Å². The minimum Gasteiger partial charge on any atom is -0.456 e. The first-order valence-electron chi connectivity index (χ1n) is 19.1. The molecule has 1 heterocycles. The van der Waals surface area contributed by atoms with E-state index in [1.807, 2.05) is 6.07 Å². The van der Waals surface area contributed by atoms with E-state index in [0.717, 1.165) is 68.9 Å². The van der Waals surface area contributed by atoms with Gasteiger partial charge in [-0.15, -0.1) is 0 Å². The zero-order valence-electron chi connectivity index (χ0n) is 30.7. The average Bonchev–Trinajstić information content (AvgIpc) is 3.61. The third-order valence-electron chi connectivity index (χ3n) is 10.8. The van der Waals surface area contributed by atoms with Crippen molar-refractivity contribution >= 4 is 56.1 Å². The van der Waals surface area contributed by atoms with Gasteiger partial charge in [-0.25, -0.2) is 0 Å². The van der Waals surface area contributed by atoms with Crippen LogP contribution in [0.3, 0.4) is 0 Å². The van der Waals surface area contributed by atoms with Gasteiger partial charge in [0.05, 0.1) is 11.1 Å². The highest BCUT2D eigenvalue weighted by Crippen LogP contribution is 2.46. The van der Waals surface area contributed by atoms with Crippen LogP contribution in [0.15, 0.2) is 186 Å². The highest BCUT2D eigenvalue weighted by Gasteiger charge is 2.33. The number of hydrogen-bond donors (Lipinski definition) is 0. The van der Waals surface area contributed by atoms with Crippen LogP contribution in [0, 0.1) is 0 Å². The predicted molar refractivity (Wildman–Crippen MR) is 225 cm³/mol. The molecule has 0 N–H and O–H groups in total. The lowest BCUT2D eigenvalue weighted by atomic mass is 9.69. The molecule has 0 saturated heterocycles. The van der Waals surface area contributed by atoms with Gasteiger partial charge in [-0.1, -0.05) is 136 Å². The number of furan rings is 1. The SMILES string of the molecule is CCCCCC(CC)(c1ccc(N(c2ccccc2)c2ccccc2)cc1)c1ccc(N(c2ccccc2)c2cccc3oc4ccccc4c23)cc1. The second-order valence-electron chi connectivity index (χ2n) is 13.9. The number of rotatable bonds is 13. The fourth-order valence-electron chi connectivity index (χ4n) is 8.12. The summed E-state index contributed by atoms with van der Waals surface area (Å²) in [6, 6.07) is 65.4. The molecular formula is C50H46N2O. The Labute approximate surface area is 313 Å². The monoisotopic (exact) mass is 690 g/mol. The lowest BCUT2D eigenvalue weighted by molar-refractivity contribution is 0.431. The molecule has 8 aromatic rings. The summed E-state index contributed by atoms with van der Waals surface area (Å²) in [5.74, 6) is 0. The molecule has 0 saturated carbocycles. The molecule has 0 radical (unpaired) electrons. The van der Waals surface area contributed by atoms with E-state index in [9.17, 15) is 0 Å². The molecule has 0 aliphatic carbocycles. The minimum absolute atomic E-state index is 0.116. The van der Waals surface area contributed by atoms with Gasteiger partial charge >= 0.3 is 0 Å². The first-order valence-corrected chi connectivity index (χ1v) is 19.1. The molecule has 0 aliphatic rings. The van der Waals surface area contributed by atoms with Crippen molar-refractivity contribution in [1.82, 2.24) is 0 Å². The summed E-state index contributed by atoms with van der Waals surface area (Å²) in [7, 11) is 0. The van der Waals surface area contributed by atoms with E-state index in [0.29, 0.717) is 0 Å². The first-order chi connectivity index (χ1) is 26.2. The number of benzene rings is 7. The maximum Gasteiger partial charge on any atom is 0.137 e. The Hall–Kier alpha value is -6.06. The maximum atomic E-state index is 6.33. The molecule has 262 valence electrons. The average molecular weight is 691 g/mol. The predicted octanol–water partition coefficient (Wildman–Crippen LogP) is 14.8. The van der Waals surface area contributed by atoms with E-state index in [4.69, 9.17) is 4.42 Å². The second-order valence-corrected chi connectivity index (χ2v) is 13.9. The van der Waals surface area contributed by atoms with Crippen LogP contribution in [0.1, 0.15) is 57.1 Å². The molecule has 0 amide bonds. The molecule has 3 heteroatoms. The van der Waals surface area contributed by atoms with Crippen LogP contribution >= 0.6 is 0 Å². The Morgan fingerprint density at radius 2 is 0.906 bits per heavy atom. The summed E-state index contributed by atoms with van der Waals surface area (Å²) in [5.41, 5.74) is 11.2. The zero-order chi connectivity index (χ0) is 36.0. The molecule has 0 fully saturated rings. The largest absolute Gasteiger partial charge is 0.456 e. The molecule has 1 unspecified atom stereocenters. The van der Waals surface area contributed by atoms with Crippen molar-refractivity contribution in [1.29, 1.82) is 0 Å². The van der Waals surface area contributed by atoms with Crippen LogP contribution < -0.4 is 9.80 Å². The molecule has 8 rings (SSSR count). The van der Waals surface area contributed by atoms with Crippen LogP contribution in [0.5, 0.6) is 0 Å². The van der Waals surface area contributed by atoms with Crippen LogP contribution in [-0.4, -0.2) is 0 Å². The minimum atomic E-state index is -0.116. The van der Waals surface area contributed by atoms with Crippen molar-refractivity contribution in [2.24, 2.45) is 0 Å². The standard InChI is InChI=1S/C50H46N2O/c1-3-5-17-37-50(4-2,38-29-33-43(34-30-38)51(40-19-9-6-10-20-40)41-21-11-7-12-22-41)39-31-35-44(36-32-39)52(42-23-13-8-14-24-42)46-26-18-28-48-49(46)45-25-15-16-27-47(45)53-48/h6-16,18-36H,3-5,17,37H2,1-2H3. The number of fused-ring (bicyclic) bond motifs is 3. The third kappa shape index (κ3) is 6.60. The third-order valence-corrected chi connectivity index (χ3v) is 10.8. The number of unbranched alkanes of at least 4 members (excludes halogenated alkanes) is 2. The van der Waals surface area contributed by atoms with Gasteiger partial charge in [0, 0.05) is 39.2 Å². The summed E-state index contributed by atoms with van der Waals surface area (Å²) in [6.45, 7) is 4.65. The molecule has 1 aromatic heterocycles. The van der Waals surface area contributed by atoms with Gasteiger partial charge in [0.1, 0.15) is 11.2 Å². The van der Waals surface area contributed by atoms with Gasteiger partial charge in [0.2, 0.25) is 0 Å². The Bertz CT molecular complexity index is 2340. The second kappa shape index (κ2) is 15.3. The van der Waals surface area contributed by atoms with Gasteiger partial charge in [-0.05, 0) is 103 Å². The van der Waals surface area contributed by atoms with Gasteiger partial charge in [-0.2, -0.15) is 0 Å². The van der Waals surface area contributed by atoms with Gasteiger partial charge in [0.25, 0.3) is 0 Å². The Balaban J connectivity index is 1.21. The number of nitrogens with zero attached hydrogens (tertiary/aromatic N) is 2. The summed E-state index contributed by atoms with van der Waals surface area (Å²) >= 11 is 0. The molecule has 3 nitrogen and oxygen atoms in total. The quantitative estimate of drug-likeness (QED) is 0.112. The van der Waals surface area contributed by atoms with Crippen molar-refractivity contribution in [2.45, 2.75) is 51.4 Å². The van der Waals surface area contributed by atoms with E-state index in [1.165, 1.54) is 30.4 Å². The number of hydrogen-bond acceptors (Lipinski definition) is 3. The summed E-state index contributed by atoms with van der Waals surface area (Å²) in [6.07, 6.45) is 5.71. The lowest BCUT2D eigenvalue weighted by Gasteiger charge is -2.36. The van der Waals surface area contributed by atoms with Gasteiger partial charge in [0.15, 0.2) is 0 Å². The fourth-order valence-corrected chi connectivity index (χ4v) is 8.12. The Morgan fingerprint density at radius 3 is 1.45 bits per heavy atom.